The molecule has 1 saturated heterocycles. The second kappa shape index (κ2) is 5.41. The fraction of sp³-hybridized carbons (Fsp3) is 0.571. The molecule has 0 radical (unpaired) electrons. The van der Waals surface area contributed by atoms with Crippen LogP contribution in [0, 0.1) is 0 Å². The number of aliphatic hydroxyl groups is 1. The van der Waals surface area contributed by atoms with Gasteiger partial charge in [-0.15, -0.1) is 0 Å². The topological polar surface area (TPSA) is 38.7 Å². The molecule has 0 saturated carbocycles. The molecule has 1 aliphatic rings. The molecule has 1 fully saturated rings. The summed E-state index contributed by atoms with van der Waals surface area (Å²) < 4.78 is 11.4. The van der Waals surface area contributed by atoms with Crippen LogP contribution in [-0.4, -0.2) is 29.8 Å². The molecule has 4 heteroatoms. The zero-order valence-corrected chi connectivity index (χ0v) is 11.9. The van der Waals surface area contributed by atoms with Gasteiger partial charge in [0.2, 0.25) is 0 Å². The summed E-state index contributed by atoms with van der Waals surface area (Å²) in [5.74, 6) is 3.54. The Kier molecular flexibility index (Phi) is 4.07. The predicted octanol–water partition coefficient (Wildman–Crippen LogP) is 2.81. The summed E-state index contributed by atoms with van der Waals surface area (Å²) in [6.45, 7) is 3.50. The molecule has 0 amide bonds. The first-order chi connectivity index (χ1) is 8.52. The van der Waals surface area contributed by atoms with E-state index in [0.717, 1.165) is 29.2 Å². The van der Waals surface area contributed by atoms with Gasteiger partial charge in [0.1, 0.15) is 6.10 Å². The van der Waals surface area contributed by atoms with Crippen molar-refractivity contribution in [2.45, 2.75) is 32.0 Å². The van der Waals surface area contributed by atoms with E-state index < -0.39 is 5.60 Å². The SMILES string of the molecule is COc1c(OC2CCSC2)cccc1C(C)(C)O. The number of methoxy groups -OCH3 is 1. The highest BCUT2D eigenvalue weighted by molar-refractivity contribution is 7.99. The molecule has 1 aromatic rings. The van der Waals surface area contributed by atoms with Crippen molar-refractivity contribution >= 4 is 11.8 Å². The van der Waals surface area contributed by atoms with Crippen LogP contribution in [0.5, 0.6) is 11.5 Å². The maximum absolute atomic E-state index is 10.1. The molecule has 1 aliphatic heterocycles. The van der Waals surface area contributed by atoms with Gasteiger partial charge in [0.15, 0.2) is 11.5 Å². The Morgan fingerprint density at radius 2 is 2.17 bits per heavy atom. The minimum atomic E-state index is -0.935. The second-order valence-electron chi connectivity index (χ2n) is 5.00. The lowest BCUT2D eigenvalue weighted by atomic mass is 9.97. The summed E-state index contributed by atoms with van der Waals surface area (Å²) in [4.78, 5) is 0. The molecular formula is C14H20O3S. The molecule has 0 aromatic heterocycles. The van der Waals surface area contributed by atoms with Gasteiger partial charge in [-0.1, -0.05) is 12.1 Å². The Morgan fingerprint density at radius 1 is 1.39 bits per heavy atom. The van der Waals surface area contributed by atoms with E-state index in [9.17, 15) is 5.11 Å². The van der Waals surface area contributed by atoms with E-state index >= 15 is 0 Å². The first-order valence-electron chi connectivity index (χ1n) is 6.16. The highest BCUT2D eigenvalue weighted by atomic mass is 32.2. The monoisotopic (exact) mass is 268 g/mol. The number of rotatable bonds is 4. The Hall–Kier alpha value is -0.870. The zero-order chi connectivity index (χ0) is 13.2. The van der Waals surface area contributed by atoms with E-state index in [4.69, 9.17) is 9.47 Å². The number of para-hydroxylation sites is 1. The van der Waals surface area contributed by atoms with Gasteiger partial charge < -0.3 is 14.6 Å². The quantitative estimate of drug-likeness (QED) is 0.911. The third-order valence-electron chi connectivity index (χ3n) is 3.02. The molecule has 100 valence electrons. The molecule has 1 atom stereocenters. The first-order valence-corrected chi connectivity index (χ1v) is 7.32. The van der Waals surface area contributed by atoms with Gasteiger partial charge in [0.25, 0.3) is 0 Å². The van der Waals surface area contributed by atoms with Crippen molar-refractivity contribution in [2.24, 2.45) is 0 Å². The van der Waals surface area contributed by atoms with Crippen LogP contribution in [0.3, 0.4) is 0 Å². The largest absolute Gasteiger partial charge is 0.492 e. The molecule has 2 rings (SSSR count). The van der Waals surface area contributed by atoms with Gasteiger partial charge in [-0.25, -0.2) is 0 Å². The lowest BCUT2D eigenvalue weighted by molar-refractivity contribution is 0.0746. The van der Waals surface area contributed by atoms with Crippen LogP contribution in [0.1, 0.15) is 25.8 Å². The van der Waals surface area contributed by atoms with Crippen LogP contribution in [0.4, 0.5) is 0 Å². The third-order valence-corrected chi connectivity index (χ3v) is 4.16. The summed E-state index contributed by atoms with van der Waals surface area (Å²) in [6, 6.07) is 5.67. The van der Waals surface area contributed by atoms with E-state index in [1.807, 2.05) is 30.0 Å². The molecule has 1 heterocycles. The van der Waals surface area contributed by atoms with Gasteiger partial charge in [0, 0.05) is 11.3 Å². The van der Waals surface area contributed by atoms with Crippen LogP contribution in [0.25, 0.3) is 0 Å². The molecule has 1 aromatic carbocycles. The van der Waals surface area contributed by atoms with Crippen molar-refractivity contribution in [1.82, 2.24) is 0 Å². The van der Waals surface area contributed by atoms with Crippen LogP contribution in [0.15, 0.2) is 18.2 Å². The van der Waals surface area contributed by atoms with E-state index in [-0.39, 0.29) is 6.10 Å². The van der Waals surface area contributed by atoms with Crippen molar-refractivity contribution in [3.63, 3.8) is 0 Å². The first kappa shape index (κ1) is 13.6. The van der Waals surface area contributed by atoms with Gasteiger partial charge in [-0.2, -0.15) is 11.8 Å². The molecule has 0 bridgehead atoms. The maximum Gasteiger partial charge on any atom is 0.166 e. The van der Waals surface area contributed by atoms with Gasteiger partial charge in [0.05, 0.1) is 12.7 Å². The fourth-order valence-corrected chi connectivity index (χ4v) is 3.18. The lowest BCUT2D eigenvalue weighted by Crippen LogP contribution is -2.19. The molecule has 0 aliphatic carbocycles. The van der Waals surface area contributed by atoms with Crippen molar-refractivity contribution < 1.29 is 14.6 Å². The molecule has 1 N–H and O–H groups in total. The number of hydrogen-bond donors (Lipinski definition) is 1. The highest BCUT2D eigenvalue weighted by Gasteiger charge is 2.25. The number of ether oxygens (including phenoxy) is 2. The zero-order valence-electron chi connectivity index (χ0n) is 11.1. The smallest absolute Gasteiger partial charge is 0.166 e. The normalized spacial score (nSPS) is 19.9. The summed E-state index contributed by atoms with van der Waals surface area (Å²) in [7, 11) is 1.61. The average molecular weight is 268 g/mol. The van der Waals surface area contributed by atoms with Gasteiger partial charge >= 0.3 is 0 Å². The lowest BCUT2D eigenvalue weighted by Gasteiger charge is -2.23. The van der Waals surface area contributed by atoms with Crippen molar-refractivity contribution in [1.29, 1.82) is 0 Å². The van der Waals surface area contributed by atoms with Crippen molar-refractivity contribution in [3.05, 3.63) is 23.8 Å². The summed E-state index contributed by atoms with van der Waals surface area (Å²) in [5, 5.41) is 10.1. The second-order valence-corrected chi connectivity index (χ2v) is 6.15. The fourth-order valence-electron chi connectivity index (χ4n) is 2.09. The molecule has 18 heavy (non-hydrogen) atoms. The van der Waals surface area contributed by atoms with Crippen LogP contribution >= 0.6 is 11.8 Å². The molecular weight excluding hydrogens is 248 g/mol. The minimum absolute atomic E-state index is 0.251. The average Bonchev–Trinajstić information content (AvgIpc) is 2.80. The predicted molar refractivity (Wildman–Crippen MR) is 74.6 cm³/mol. The van der Waals surface area contributed by atoms with E-state index in [0.29, 0.717) is 5.75 Å². The Morgan fingerprint density at radius 3 is 2.72 bits per heavy atom. The van der Waals surface area contributed by atoms with Crippen LogP contribution in [-0.2, 0) is 5.60 Å². The molecule has 3 nitrogen and oxygen atoms in total. The number of thioether (sulfide) groups is 1. The molecule has 0 spiro atoms. The Bertz CT molecular complexity index is 406. The Balaban J connectivity index is 2.29. The van der Waals surface area contributed by atoms with E-state index in [1.165, 1.54) is 0 Å². The van der Waals surface area contributed by atoms with Crippen molar-refractivity contribution in [2.75, 3.05) is 18.6 Å². The minimum Gasteiger partial charge on any atom is -0.492 e. The van der Waals surface area contributed by atoms with E-state index in [1.54, 1.807) is 21.0 Å². The van der Waals surface area contributed by atoms with Crippen LogP contribution in [0.2, 0.25) is 0 Å². The Labute approximate surface area is 112 Å². The highest BCUT2D eigenvalue weighted by Crippen LogP contribution is 2.38. The van der Waals surface area contributed by atoms with Gasteiger partial charge in [-0.3, -0.25) is 0 Å². The molecule has 1 unspecified atom stereocenters. The van der Waals surface area contributed by atoms with Gasteiger partial charge in [-0.05, 0) is 32.1 Å². The maximum atomic E-state index is 10.1. The van der Waals surface area contributed by atoms with Crippen LogP contribution < -0.4 is 9.47 Å². The number of benzene rings is 1. The standard InChI is InChI=1S/C14H20O3S/c1-14(2,15)11-5-4-6-12(13(11)16-3)17-10-7-8-18-9-10/h4-6,10,15H,7-9H2,1-3H3. The summed E-state index contributed by atoms with van der Waals surface area (Å²) >= 11 is 1.91. The third kappa shape index (κ3) is 2.93. The summed E-state index contributed by atoms with van der Waals surface area (Å²) in [5.41, 5.74) is -0.178. The number of hydrogen-bond acceptors (Lipinski definition) is 4. The summed E-state index contributed by atoms with van der Waals surface area (Å²) in [6.07, 6.45) is 1.32. The van der Waals surface area contributed by atoms with E-state index in [2.05, 4.69) is 0 Å². The van der Waals surface area contributed by atoms with Crippen molar-refractivity contribution in [3.8, 4) is 11.5 Å².